The first-order valence-electron chi connectivity index (χ1n) is 7.18. The molecule has 2 amide bonds. The summed E-state index contributed by atoms with van der Waals surface area (Å²) in [7, 11) is 0. The minimum Gasteiger partial charge on any atom is -0.340 e. The van der Waals surface area contributed by atoms with Gasteiger partial charge in [-0.25, -0.2) is 0 Å². The minimum absolute atomic E-state index is 0.00479. The van der Waals surface area contributed by atoms with Crippen LogP contribution in [0.5, 0.6) is 0 Å². The smallest absolute Gasteiger partial charge is 0.263 e. The van der Waals surface area contributed by atoms with Crippen LogP contribution in [0.15, 0.2) is 17.5 Å². The molecule has 0 bridgehead atoms. The van der Waals surface area contributed by atoms with Crippen LogP contribution in [0, 0.1) is 17.2 Å². The summed E-state index contributed by atoms with van der Waals surface area (Å²) in [6.07, 6.45) is 2.17. The van der Waals surface area contributed by atoms with Crippen LogP contribution in [0.25, 0.3) is 0 Å². The molecule has 21 heavy (non-hydrogen) atoms. The maximum Gasteiger partial charge on any atom is 0.263 e. The van der Waals surface area contributed by atoms with Crippen molar-refractivity contribution in [3.05, 3.63) is 22.4 Å². The zero-order chi connectivity index (χ0) is 15.2. The summed E-state index contributed by atoms with van der Waals surface area (Å²) in [6, 6.07) is 5.28. The Labute approximate surface area is 128 Å². The number of piperidine rings is 1. The van der Waals surface area contributed by atoms with E-state index >= 15 is 0 Å². The van der Waals surface area contributed by atoms with Crippen molar-refractivity contribution in [2.75, 3.05) is 13.1 Å². The number of nitriles is 1. The number of hydrogen-bond donors (Lipinski definition) is 1. The molecule has 112 valence electrons. The van der Waals surface area contributed by atoms with E-state index in [1.807, 2.05) is 18.4 Å². The Morgan fingerprint density at radius 1 is 1.62 bits per heavy atom. The fourth-order valence-corrected chi connectivity index (χ4v) is 3.14. The topological polar surface area (TPSA) is 73.2 Å². The van der Waals surface area contributed by atoms with E-state index in [1.165, 1.54) is 11.3 Å². The van der Waals surface area contributed by atoms with E-state index in [0.29, 0.717) is 24.4 Å². The van der Waals surface area contributed by atoms with Gasteiger partial charge in [-0.05, 0) is 30.7 Å². The lowest BCUT2D eigenvalue weighted by Crippen LogP contribution is -2.47. The number of carbonyl (C=O) groups excluding carboxylic acids is 2. The van der Waals surface area contributed by atoms with Gasteiger partial charge in [-0.2, -0.15) is 5.26 Å². The monoisotopic (exact) mass is 305 g/mol. The highest BCUT2D eigenvalue weighted by Crippen LogP contribution is 2.20. The number of rotatable bonds is 4. The fraction of sp³-hybridized carbons (Fsp3) is 0.533. The number of thiophene rings is 1. The predicted molar refractivity (Wildman–Crippen MR) is 80.8 cm³/mol. The lowest BCUT2D eigenvalue weighted by molar-refractivity contribution is -0.126. The van der Waals surface area contributed by atoms with Gasteiger partial charge in [0.1, 0.15) is 6.04 Å². The third-order valence-corrected chi connectivity index (χ3v) is 4.55. The summed E-state index contributed by atoms with van der Waals surface area (Å²) in [5.74, 6) is -0.341. The van der Waals surface area contributed by atoms with Crippen molar-refractivity contribution < 1.29 is 9.59 Å². The number of likely N-dealkylation sites (tertiary alicyclic amines) is 1. The minimum atomic E-state index is -0.444. The molecule has 0 unspecified atom stereocenters. The van der Waals surface area contributed by atoms with Crippen molar-refractivity contribution in [1.82, 2.24) is 10.2 Å². The molecule has 2 atom stereocenters. The number of nitrogens with zero attached hydrogens (tertiary/aromatic N) is 2. The Morgan fingerprint density at radius 3 is 3.05 bits per heavy atom. The van der Waals surface area contributed by atoms with Gasteiger partial charge in [0, 0.05) is 13.1 Å². The van der Waals surface area contributed by atoms with Gasteiger partial charge in [0.15, 0.2) is 0 Å². The zero-order valence-electron chi connectivity index (χ0n) is 12.0. The Hall–Kier alpha value is -1.87. The third kappa shape index (κ3) is 3.82. The summed E-state index contributed by atoms with van der Waals surface area (Å²) < 4.78 is 0. The van der Waals surface area contributed by atoms with Crippen LogP contribution in [0.1, 0.15) is 35.9 Å². The predicted octanol–water partition coefficient (Wildman–Crippen LogP) is 2.02. The van der Waals surface area contributed by atoms with Gasteiger partial charge in [0.25, 0.3) is 5.91 Å². The van der Waals surface area contributed by atoms with E-state index in [2.05, 4.69) is 11.4 Å². The Kier molecular flexibility index (Phi) is 5.34. The van der Waals surface area contributed by atoms with E-state index in [0.717, 1.165) is 12.8 Å². The lowest BCUT2D eigenvalue weighted by Gasteiger charge is -2.32. The number of nitrogens with one attached hydrogen (secondary N) is 1. The van der Waals surface area contributed by atoms with Crippen molar-refractivity contribution in [2.45, 2.75) is 32.2 Å². The first kappa shape index (κ1) is 15.5. The molecule has 1 aromatic heterocycles. The first-order valence-corrected chi connectivity index (χ1v) is 8.06. The molecule has 1 N–H and O–H groups in total. The second-order valence-corrected chi connectivity index (χ2v) is 6.11. The van der Waals surface area contributed by atoms with Crippen LogP contribution in [0.4, 0.5) is 0 Å². The number of carbonyl (C=O) groups is 2. The van der Waals surface area contributed by atoms with Crippen molar-refractivity contribution >= 4 is 23.2 Å². The molecule has 1 aromatic rings. The molecule has 0 aliphatic carbocycles. The maximum atomic E-state index is 12.3. The molecule has 1 aliphatic heterocycles. The molecular weight excluding hydrogens is 286 g/mol. The van der Waals surface area contributed by atoms with E-state index < -0.39 is 6.04 Å². The van der Waals surface area contributed by atoms with E-state index in [1.54, 1.807) is 11.0 Å². The Morgan fingerprint density at radius 2 is 2.43 bits per heavy atom. The lowest BCUT2D eigenvalue weighted by atomic mass is 9.96. The quantitative estimate of drug-likeness (QED) is 0.925. The Bertz CT molecular complexity index is 536. The summed E-state index contributed by atoms with van der Waals surface area (Å²) in [6.45, 7) is 2.99. The Balaban J connectivity index is 1.96. The molecule has 0 aromatic carbocycles. The van der Waals surface area contributed by atoms with Crippen LogP contribution in [0.2, 0.25) is 0 Å². The van der Waals surface area contributed by atoms with Gasteiger partial charge in [-0.1, -0.05) is 13.0 Å². The van der Waals surface area contributed by atoms with E-state index in [9.17, 15) is 9.59 Å². The third-order valence-electron chi connectivity index (χ3n) is 3.69. The van der Waals surface area contributed by atoms with Crippen LogP contribution >= 0.6 is 11.3 Å². The van der Waals surface area contributed by atoms with Crippen molar-refractivity contribution in [2.24, 2.45) is 5.92 Å². The van der Waals surface area contributed by atoms with Crippen LogP contribution in [-0.4, -0.2) is 35.8 Å². The largest absolute Gasteiger partial charge is 0.340 e. The van der Waals surface area contributed by atoms with Crippen molar-refractivity contribution in [1.29, 1.82) is 5.26 Å². The SMILES string of the molecule is CC[C@H](C#N)NC(=O)[C@@H]1CCCN(C(=O)c2cccs2)C1. The van der Waals surface area contributed by atoms with Crippen LogP contribution < -0.4 is 5.32 Å². The second kappa shape index (κ2) is 7.23. The van der Waals surface area contributed by atoms with Crippen LogP contribution in [-0.2, 0) is 4.79 Å². The molecule has 1 fully saturated rings. The van der Waals surface area contributed by atoms with Gasteiger partial charge >= 0.3 is 0 Å². The highest BCUT2D eigenvalue weighted by Gasteiger charge is 2.29. The van der Waals surface area contributed by atoms with Crippen molar-refractivity contribution in [3.8, 4) is 6.07 Å². The first-order chi connectivity index (χ1) is 10.2. The second-order valence-electron chi connectivity index (χ2n) is 5.17. The van der Waals surface area contributed by atoms with Gasteiger partial charge in [-0.3, -0.25) is 9.59 Å². The van der Waals surface area contributed by atoms with E-state index in [-0.39, 0.29) is 17.7 Å². The maximum absolute atomic E-state index is 12.3. The average molecular weight is 305 g/mol. The molecule has 0 radical (unpaired) electrons. The zero-order valence-corrected chi connectivity index (χ0v) is 12.9. The molecule has 2 rings (SSSR count). The molecule has 1 aliphatic rings. The summed E-state index contributed by atoms with van der Waals surface area (Å²) >= 11 is 1.42. The summed E-state index contributed by atoms with van der Waals surface area (Å²) in [5.41, 5.74) is 0. The summed E-state index contributed by atoms with van der Waals surface area (Å²) in [5, 5.41) is 13.5. The molecule has 5 nitrogen and oxygen atoms in total. The molecule has 0 spiro atoms. The molecule has 6 heteroatoms. The van der Waals surface area contributed by atoms with Crippen LogP contribution in [0.3, 0.4) is 0 Å². The fourth-order valence-electron chi connectivity index (χ4n) is 2.45. The average Bonchev–Trinajstić information content (AvgIpc) is 3.06. The van der Waals surface area contributed by atoms with Gasteiger partial charge in [-0.15, -0.1) is 11.3 Å². The highest BCUT2D eigenvalue weighted by atomic mass is 32.1. The molecule has 1 saturated heterocycles. The summed E-state index contributed by atoms with van der Waals surface area (Å²) in [4.78, 5) is 27.0. The molecular formula is C15H19N3O2S. The van der Waals surface area contributed by atoms with Crippen molar-refractivity contribution in [3.63, 3.8) is 0 Å². The number of hydrogen-bond acceptors (Lipinski definition) is 4. The van der Waals surface area contributed by atoms with Gasteiger partial charge < -0.3 is 10.2 Å². The van der Waals surface area contributed by atoms with Gasteiger partial charge in [0.2, 0.25) is 5.91 Å². The molecule has 0 saturated carbocycles. The molecule has 2 heterocycles. The normalized spacial score (nSPS) is 19.6. The highest BCUT2D eigenvalue weighted by molar-refractivity contribution is 7.12. The number of amides is 2. The standard InChI is InChI=1S/C15H19N3O2S/c1-2-12(9-16)17-14(19)11-5-3-7-18(10-11)15(20)13-6-4-8-21-13/h4,6,8,11-12H,2-3,5,7,10H2,1H3,(H,17,19)/t11-,12-/m1/s1. The van der Waals surface area contributed by atoms with E-state index in [4.69, 9.17) is 5.26 Å². The van der Waals surface area contributed by atoms with Gasteiger partial charge in [0.05, 0.1) is 16.9 Å².